The minimum atomic E-state index is -0.304. The van der Waals surface area contributed by atoms with Gasteiger partial charge in [0.05, 0.1) is 0 Å². The van der Waals surface area contributed by atoms with Crippen molar-refractivity contribution in [2.45, 2.75) is 19.8 Å². The first-order valence-corrected chi connectivity index (χ1v) is 9.36. The molecule has 1 amide bonds. The SMILES string of the molecule is Cc1ccc(NC(=S)NNC(=O)CCC(=O)c2ccc3ccccc3c2)cc1. The van der Waals surface area contributed by atoms with E-state index in [0.29, 0.717) is 5.56 Å². The summed E-state index contributed by atoms with van der Waals surface area (Å²) in [7, 11) is 0. The number of amides is 1. The molecule has 0 aromatic heterocycles. The molecule has 0 saturated heterocycles. The van der Waals surface area contributed by atoms with Gasteiger partial charge in [-0.25, -0.2) is 0 Å². The van der Waals surface area contributed by atoms with Crippen molar-refractivity contribution in [1.82, 2.24) is 10.9 Å². The highest BCUT2D eigenvalue weighted by Gasteiger charge is 2.10. The quantitative estimate of drug-likeness (QED) is 0.347. The standard InChI is InChI=1S/C22H21N3O2S/c1-15-6-10-19(11-7-15)23-22(28)25-24-21(27)13-12-20(26)18-9-8-16-4-2-3-5-17(16)14-18/h2-11,14H,12-13H2,1H3,(H,24,27)(H2,23,25,28). The summed E-state index contributed by atoms with van der Waals surface area (Å²) in [5.41, 5.74) is 7.73. The van der Waals surface area contributed by atoms with E-state index in [0.717, 1.165) is 22.0 Å². The highest BCUT2D eigenvalue weighted by atomic mass is 32.1. The Balaban J connectivity index is 1.44. The Hall–Kier alpha value is -3.25. The number of Topliss-reactive ketones (excluding diaryl/α,β-unsaturated/α-hetero) is 1. The van der Waals surface area contributed by atoms with E-state index < -0.39 is 0 Å². The first kappa shape index (κ1) is 19.5. The molecule has 0 radical (unpaired) electrons. The lowest BCUT2D eigenvalue weighted by Crippen LogP contribution is -2.43. The monoisotopic (exact) mass is 391 g/mol. The molecular weight excluding hydrogens is 370 g/mol. The molecule has 0 bridgehead atoms. The van der Waals surface area contributed by atoms with E-state index >= 15 is 0 Å². The summed E-state index contributed by atoms with van der Waals surface area (Å²) in [6.07, 6.45) is 0.204. The van der Waals surface area contributed by atoms with Crippen LogP contribution >= 0.6 is 12.2 Å². The maximum absolute atomic E-state index is 12.4. The first-order valence-electron chi connectivity index (χ1n) is 8.96. The van der Waals surface area contributed by atoms with Crippen LogP contribution in [0.5, 0.6) is 0 Å². The van der Waals surface area contributed by atoms with Gasteiger partial charge in [-0.05, 0) is 48.1 Å². The van der Waals surface area contributed by atoms with Crippen molar-refractivity contribution in [3.05, 3.63) is 77.9 Å². The first-order chi connectivity index (χ1) is 13.5. The van der Waals surface area contributed by atoms with Crippen molar-refractivity contribution in [2.75, 3.05) is 5.32 Å². The number of thiocarbonyl (C=S) groups is 1. The van der Waals surface area contributed by atoms with Crippen LogP contribution in [-0.2, 0) is 4.79 Å². The number of nitrogens with one attached hydrogen (secondary N) is 3. The van der Waals surface area contributed by atoms with E-state index in [4.69, 9.17) is 12.2 Å². The number of aryl methyl sites for hydroxylation is 1. The molecule has 3 aromatic carbocycles. The predicted molar refractivity (Wildman–Crippen MR) is 116 cm³/mol. The molecular formula is C22H21N3O2S. The molecule has 0 aliphatic rings. The number of carbonyl (C=O) groups excluding carboxylic acids is 2. The third-order valence-electron chi connectivity index (χ3n) is 4.28. The Morgan fingerprint density at radius 1 is 0.857 bits per heavy atom. The highest BCUT2D eigenvalue weighted by Crippen LogP contribution is 2.17. The molecule has 5 nitrogen and oxygen atoms in total. The van der Waals surface area contributed by atoms with Crippen LogP contribution in [0, 0.1) is 6.92 Å². The Kier molecular flexibility index (Phi) is 6.34. The number of fused-ring (bicyclic) bond motifs is 1. The van der Waals surface area contributed by atoms with E-state index in [9.17, 15) is 9.59 Å². The largest absolute Gasteiger partial charge is 0.331 e. The molecule has 0 saturated carbocycles. The van der Waals surface area contributed by atoms with Crippen molar-refractivity contribution in [3.63, 3.8) is 0 Å². The molecule has 3 N–H and O–H groups in total. The fourth-order valence-corrected chi connectivity index (χ4v) is 2.89. The second-order valence-corrected chi connectivity index (χ2v) is 6.89. The summed E-state index contributed by atoms with van der Waals surface area (Å²) in [4.78, 5) is 24.3. The summed E-state index contributed by atoms with van der Waals surface area (Å²) >= 11 is 5.14. The maximum atomic E-state index is 12.4. The molecule has 3 rings (SSSR count). The van der Waals surface area contributed by atoms with E-state index in [1.54, 1.807) is 6.07 Å². The van der Waals surface area contributed by atoms with Crippen molar-refractivity contribution < 1.29 is 9.59 Å². The topological polar surface area (TPSA) is 70.2 Å². The number of benzene rings is 3. The number of ketones is 1. The van der Waals surface area contributed by atoms with Gasteiger partial charge in [0.15, 0.2) is 10.9 Å². The van der Waals surface area contributed by atoms with Gasteiger partial charge in [0.25, 0.3) is 0 Å². The van der Waals surface area contributed by atoms with Gasteiger partial charge in [-0.3, -0.25) is 20.4 Å². The Bertz CT molecular complexity index is 1020. The Labute approximate surface area is 169 Å². The summed E-state index contributed by atoms with van der Waals surface area (Å²) in [5, 5.41) is 5.33. The fourth-order valence-electron chi connectivity index (χ4n) is 2.72. The smallest absolute Gasteiger partial charge is 0.238 e. The molecule has 3 aromatic rings. The Morgan fingerprint density at radius 2 is 1.57 bits per heavy atom. The number of carbonyl (C=O) groups is 2. The van der Waals surface area contributed by atoms with Gasteiger partial charge < -0.3 is 5.32 Å². The molecule has 0 atom stereocenters. The molecule has 0 aliphatic carbocycles. The molecule has 0 aliphatic heterocycles. The van der Waals surface area contributed by atoms with E-state index in [1.807, 2.05) is 67.6 Å². The second kappa shape index (κ2) is 9.10. The van der Waals surface area contributed by atoms with Crippen molar-refractivity contribution in [2.24, 2.45) is 0 Å². The number of anilines is 1. The van der Waals surface area contributed by atoms with Gasteiger partial charge in [-0.2, -0.15) is 0 Å². The average molecular weight is 391 g/mol. The van der Waals surface area contributed by atoms with Crippen LogP contribution in [0.4, 0.5) is 5.69 Å². The zero-order valence-electron chi connectivity index (χ0n) is 15.5. The summed E-state index contributed by atoms with van der Waals surface area (Å²) in [5.74, 6) is -0.372. The fraction of sp³-hybridized carbons (Fsp3) is 0.136. The molecule has 142 valence electrons. The normalized spacial score (nSPS) is 10.3. The zero-order chi connectivity index (χ0) is 19.9. The molecule has 0 heterocycles. The number of hydrogen-bond donors (Lipinski definition) is 3. The minimum Gasteiger partial charge on any atom is -0.331 e. The predicted octanol–water partition coefficient (Wildman–Crippen LogP) is 4.13. The lowest BCUT2D eigenvalue weighted by atomic mass is 10.0. The summed E-state index contributed by atoms with van der Waals surface area (Å²) < 4.78 is 0. The van der Waals surface area contributed by atoms with Crippen LogP contribution in [0.3, 0.4) is 0 Å². The third-order valence-corrected chi connectivity index (χ3v) is 4.48. The van der Waals surface area contributed by atoms with Gasteiger partial charge in [0, 0.05) is 24.1 Å². The second-order valence-electron chi connectivity index (χ2n) is 6.48. The van der Waals surface area contributed by atoms with Gasteiger partial charge in [0.1, 0.15) is 0 Å². The van der Waals surface area contributed by atoms with Gasteiger partial charge >= 0.3 is 0 Å². The van der Waals surface area contributed by atoms with E-state index in [1.165, 1.54) is 0 Å². The van der Waals surface area contributed by atoms with Crippen molar-refractivity contribution in [3.8, 4) is 0 Å². The lowest BCUT2D eigenvalue weighted by molar-refractivity contribution is -0.121. The molecule has 0 unspecified atom stereocenters. The van der Waals surface area contributed by atoms with Crippen LogP contribution < -0.4 is 16.2 Å². The summed E-state index contributed by atoms with van der Waals surface area (Å²) in [6, 6.07) is 21.1. The van der Waals surface area contributed by atoms with Crippen LogP contribution in [0.2, 0.25) is 0 Å². The number of hydrogen-bond acceptors (Lipinski definition) is 3. The molecule has 0 fully saturated rings. The van der Waals surface area contributed by atoms with Gasteiger partial charge in [-0.15, -0.1) is 0 Å². The van der Waals surface area contributed by atoms with E-state index in [2.05, 4.69) is 16.2 Å². The highest BCUT2D eigenvalue weighted by molar-refractivity contribution is 7.80. The number of hydrazine groups is 1. The van der Waals surface area contributed by atoms with Crippen LogP contribution in [0.25, 0.3) is 10.8 Å². The Morgan fingerprint density at radius 3 is 2.32 bits per heavy atom. The lowest BCUT2D eigenvalue weighted by Gasteiger charge is -2.11. The number of rotatable bonds is 5. The van der Waals surface area contributed by atoms with Crippen molar-refractivity contribution in [1.29, 1.82) is 0 Å². The average Bonchev–Trinajstić information content (AvgIpc) is 2.71. The third kappa shape index (κ3) is 5.37. The van der Waals surface area contributed by atoms with Gasteiger partial charge in [-0.1, -0.05) is 54.1 Å². The van der Waals surface area contributed by atoms with Crippen LogP contribution in [-0.4, -0.2) is 16.8 Å². The van der Waals surface area contributed by atoms with E-state index in [-0.39, 0.29) is 29.6 Å². The summed E-state index contributed by atoms with van der Waals surface area (Å²) in [6.45, 7) is 2.00. The minimum absolute atomic E-state index is 0.0683. The van der Waals surface area contributed by atoms with Crippen molar-refractivity contribution >= 4 is 45.5 Å². The molecule has 6 heteroatoms. The molecule has 0 spiro atoms. The maximum Gasteiger partial charge on any atom is 0.238 e. The van der Waals surface area contributed by atoms with Crippen LogP contribution in [0.15, 0.2) is 66.7 Å². The van der Waals surface area contributed by atoms with Crippen LogP contribution in [0.1, 0.15) is 28.8 Å². The van der Waals surface area contributed by atoms with Gasteiger partial charge in [0.2, 0.25) is 5.91 Å². The zero-order valence-corrected chi connectivity index (χ0v) is 16.3. The molecule has 28 heavy (non-hydrogen) atoms.